The third kappa shape index (κ3) is 15.4. The maximum Gasteiger partial charge on any atom is 0.217 e. The van der Waals surface area contributed by atoms with E-state index in [4.69, 9.17) is 0 Å². The van der Waals surface area contributed by atoms with Crippen LogP contribution in [0.25, 0.3) is 0 Å². The van der Waals surface area contributed by atoms with Gasteiger partial charge in [-0.2, -0.15) is 0 Å². The molecule has 1 atom stereocenters. The highest BCUT2D eigenvalue weighted by atomic mass is 19.1. The molecule has 5 heteroatoms. The van der Waals surface area contributed by atoms with E-state index in [0.29, 0.717) is 12.0 Å². The van der Waals surface area contributed by atoms with Gasteiger partial charge in [-0.1, -0.05) is 46.8 Å². The number of halogens is 1. The largest absolute Gasteiger partial charge is 0.354 e. The van der Waals surface area contributed by atoms with Crippen LogP contribution in [0.4, 0.5) is 4.39 Å². The molecule has 4 nitrogen and oxygen atoms in total. The fourth-order valence-corrected chi connectivity index (χ4v) is 3.20. The van der Waals surface area contributed by atoms with E-state index in [0.717, 1.165) is 45.3 Å². The molecule has 1 saturated heterocycles. The van der Waals surface area contributed by atoms with E-state index >= 15 is 0 Å². The lowest BCUT2D eigenvalue weighted by Crippen LogP contribution is -2.42. The predicted octanol–water partition coefficient (Wildman–Crippen LogP) is 5.54. The van der Waals surface area contributed by atoms with E-state index in [1.807, 2.05) is 39.8 Å². The summed E-state index contributed by atoms with van der Waals surface area (Å²) in [6, 6.07) is 7.32. The Morgan fingerprint density at radius 1 is 1.13 bits per heavy atom. The minimum absolute atomic E-state index is 0.0968. The first kappa shape index (κ1) is 30.7. The van der Waals surface area contributed by atoms with Gasteiger partial charge in [0.2, 0.25) is 5.91 Å². The standard InChI is InChI=1S/C13H20FN.C8H16N2O.2C2H6/c1-4-11(9-10-15(2)3)12-5-7-13(14)8-6-12;1-7(11)9-8-3-5-10(2)6-4-8;2*1-2/h5-8,11H,4,9-10H2,1-3H3;8H,3-6H2,1-2H3,(H,9,11);2*1-2H3. The van der Waals surface area contributed by atoms with E-state index in [2.05, 4.69) is 43.2 Å². The molecule has 0 spiro atoms. The van der Waals surface area contributed by atoms with Gasteiger partial charge in [0.05, 0.1) is 0 Å². The number of nitrogens with zero attached hydrogens (tertiary/aromatic N) is 2. The third-order valence-electron chi connectivity index (χ3n) is 4.88. The van der Waals surface area contributed by atoms with Crippen molar-refractivity contribution in [2.75, 3.05) is 40.8 Å². The van der Waals surface area contributed by atoms with Crippen molar-refractivity contribution in [2.24, 2.45) is 0 Å². The molecule has 30 heavy (non-hydrogen) atoms. The van der Waals surface area contributed by atoms with Crippen LogP contribution < -0.4 is 5.32 Å². The van der Waals surface area contributed by atoms with Crippen molar-refractivity contribution in [3.63, 3.8) is 0 Å². The van der Waals surface area contributed by atoms with Crippen LogP contribution in [-0.2, 0) is 4.79 Å². The predicted molar refractivity (Wildman–Crippen MR) is 130 cm³/mol. The number of hydrogen-bond acceptors (Lipinski definition) is 3. The molecule has 1 aromatic rings. The lowest BCUT2D eigenvalue weighted by atomic mass is 9.93. The second-order valence-corrected chi connectivity index (χ2v) is 7.53. The number of nitrogens with one attached hydrogen (secondary N) is 1. The molecule has 0 aliphatic carbocycles. The Morgan fingerprint density at radius 2 is 1.63 bits per heavy atom. The zero-order valence-corrected chi connectivity index (χ0v) is 21.1. The minimum atomic E-state index is -0.152. The molecule has 1 N–H and O–H groups in total. The average Bonchev–Trinajstić information content (AvgIpc) is 2.74. The van der Waals surface area contributed by atoms with Gasteiger partial charge in [-0.15, -0.1) is 0 Å². The Morgan fingerprint density at radius 3 is 2.03 bits per heavy atom. The molecular weight excluding hydrogens is 377 g/mol. The smallest absolute Gasteiger partial charge is 0.217 e. The van der Waals surface area contributed by atoms with E-state index in [9.17, 15) is 9.18 Å². The fraction of sp³-hybridized carbons (Fsp3) is 0.720. The van der Waals surface area contributed by atoms with E-state index < -0.39 is 0 Å². The summed E-state index contributed by atoms with van der Waals surface area (Å²) in [6.07, 6.45) is 4.43. The van der Waals surface area contributed by atoms with Crippen LogP contribution in [0.3, 0.4) is 0 Å². The molecule has 2 rings (SSSR count). The Labute approximate surface area is 186 Å². The van der Waals surface area contributed by atoms with E-state index in [-0.39, 0.29) is 11.7 Å². The Bertz CT molecular complexity index is 512. The monoisotopic (exact) mass is 425 g/mol. The summed E-state index contributed by atoms with van der Waals surface area (Å²) in [6.45, 7) is 15.0. The minimum Gasteiger partial charge on any atom is -0.354 e. The number of carbonyl (C=O) groups is 1. The Hall–Kier alpha value is -1.46. The lowest BCUT2D eigenvalue weighted by Gasteiger charge is -2.29. The maximum atomic E-state index is 12.8. The summed E-state index contributed by atoms with van der Waals surface area (Å²) in [5.41, 5.74) is 1.25. The van der Waals surface area contributed by atoms with Crippen LogP contribution in [0.2, 0.25) is 0 Å². The molecule has 1 fully saturated rings. The SMILES string of the molecule is CC.CC.CC(=O)NC1CCN(C)CC1.CCC(CCN(C)C)c1ccc(F)cc1. The highest BCUT2D eigenvalue weighted by Gasteiger charge is 2.16. The van der Waals surface area contributed by atoms with Gasteiger partial charge in [0.1, 0.15) is 5.82 Å². The van der Waals surface area contributed by atoms with Crippen molar-refractivity contribution < 1.29 is 9.18 Å². The van der Waals surface area contributed by atoms with Crippen molar-refractivity contribution in [2.45, 2.75) is 79.2 Å². The number of hydrogen-bond donors (Lipinski definition) is 1. The number of piperidine rings is 1. The van der Waals surface area contributed by atoms with Crippen LogP contribution in [0.5, 0.6) is 0 Å². The Kier molecular flexibility index (Phi) is 20.0. The van der Waals surface area contributed by atoms with Crippen molar-refractivity contribution in [3.8, 4) is 0 Å². The summed E-state index contributed by atoms with van der Waals surface area (Å²) in [4.78, 5) is 15.1. The second kappa shape index (κ2) is 19.5. The van der Waals surface area contributed by atoms with E-state index in [1.165, 1.54) is 5.56 Å². The van der Waals surface area contributed by atoms with Crippen LogP contribution in [-0.4, -0.2) is 62.5 Å². The van der Waals surface area contributed by atoms with Crippen molar-refractivity contribution >= 4 is 5.91 Å². The number of carbonyl (C=O) groups excluding carboxylic acids is 1. The Balaban J connectivity index is 0. The molecule has 1 aliphatic rings. The lowest BCUT2D eigenvalue weighted by molar-refractivity contribution is -0.119. The van der Waals surface area contributed by atoms with E-state index in [1.54, 1.807) is 19.1 Å². The zero-order chi connectivity index (χ0) is 23.5. The summed E-state index contributed by atoms with van der Waals surface area (Å²) in [5.74, 6) is 0.494. The average molecular weight is 426 g/mol. The van der Waals surface area contributed by atoms with Crippen molar-refractivity contribution in [3.05, 3.63) is 35.6 Å². The highest BCUT2D eigenvalue weighted by Crippen LogP contribution is 2.23. The van der Waals surface area contributed by atoms with Crippen LogP contribution in [0.15, 0.2) is 24.3 Å². The molecule has 176 valence electrons. The zero-order valence-electron chi connectivity index (χ0n) is 21.1. The fourth-order valence-electron chi connectivity index (χ4n) is 3.20. The summed E-state index contributed by atoms with van der Waals surface area (Å²) in [5, 5.41) is 2.94. The number of benzene rings is 1. The molecule has 1 aliphatic heterocycles. The van der Waals surface area contributed by atoms with Crippen molar-refractivity contribution in [1.82, 2.24) is 15.1 Å². The van der Waals surface area contributed by atoms with Crippen molar-refractivity contribution in [1.29, 1.82) is 0 Å². The molecule has 0 saturated carbocycles. The number of likely N-dealkylation sites (tertiary alicyclic amines) is 1. The highest BCUT2D eigenvalue weighted by molar-refractivity contribution is 5.73. The molecule has 1 unspecified atom stereocenters. The molecule has 0 bridgehead atoms. The maximum absolute atomic E-state index is 12.8. The summed E-state index contributed by atoms with van der Waals surface area (Å²) < 4.78 is 12.8. The van der Waals surface area contributed by atoms with Gasteiger partial charge in [-0.25, -0.2) is 4.39 Å². The van der Waals surface area contributed by atoms with Gasteiger partial charge < -0.3 is 15.1 Å². The molecule has 1 aromatic carbocycles. The first-order valence-electron chi connectivity index (χ1n) is 11.7. The normalized spacial score (nSPS) is 14.9. The van der Waals surface area contributed by atoms with Crippen LogP contribution in [0.1, 0.15) is 78.7 Å². The summed E-state index contributed by atoms with van der Waals surface area (Å²) in [7, 11) is 6.28. The molecule has 1 amide bonds. The molecule has 1 heterocycles. The number of rotatable bonds is 6. The van der Waals surface area contributed by atoms with Gasteiger partial charge in [0, 0.05) is 13.0 Å². The molecule has 0 radical (unpaired) electrons. The van der Waals surface area contributed by atoms with Crippen LogP contribution in [0, 0.1) is 5.82 Å². The van der Waals surface area contributed by atoms with Gasteiger partial charge in [0.15, 0.2) is 0 Å². The quantitative estimate of drug-likeness (QED) is 0.650. The first-order chi connectivity index (χ1) is 14.3. The second-order valence-electron chi connectivity index (χ2n) is 7.53. The van der Waals surface area contributed by atoms with Gasteiger partial charge in [-0.3, -0.25) is 4.79 Å². The molecule has 0 aromatic heterocycles. The summed E-state index contributed by atoms with van der Waals surface area (Å²) >= 11 is 0. The van der Waals surface area contributed by atoms with Gasteiger partial charge >= 0.3 is 0 Å². The van der Waals surface area contributed by atoms with Gasteiger partial charge in [-0.05, 0) is 90.1 Å². The van der Waals surface area contributed by atoms with Crippen LogP contribution >= 0.6 is 0 Å². The third-order valence-corrected chi connectivity index (χ3v) is 4.88. The number of amides is 1. The molecular formula is C25H48FN3O. The topological polar surface area (TPSA) is 35.6 Å². The van der Waals surface area contributed by atoms with Gasteiger partial charge in [0.25, 0.3) is 0 Å². The first-order valence-corrected chi connectivity index (χ1v) is 11.7.